The number of rotatable bonds is 8. The van der Waals surface area contributed by atoms with Crippen LogP contribution in [0.1, 0.15) is 24.2 Å². The molecule has 3 aromatic carbocycles. The van der Waals surface area contributed by atoms with Gasteiger partial charge in [0.2, 0.25) is 0 Å². The highest BCUT2D eigenvalue weighted by Crippen LogP contribution is 2.32. The average molecular weight is 544 g/mol. The van der Waals surface area contributed by atoms with Gasteiger partial charge in [-0.25, -0.2) is 8.78 Å². The number of nitrogens with zero attached hydrogens (tertiary/aromatic N) is 3. The van der Waals surface area contributed by atoms with E-state index in [0.717, 1.165) is 33.6 Å². The number of aromatic nitrogens is 3. The van der Waals surface area contributed by atoms with Crippen molar-refractivity contribution in [3.8, 4) is 22.8 Å². The van der Waals surface area contributed by atoms with Crippen molar-refractivity contribution in [2.45, 2.75) is 24.3 Å². The van der Waals surface area contributed by atoms with Crippen LogP contribution in [0.3, 0.4) is 0 Å². The molecule has 0 N–H and O–H groups in total. The van der Waals surface area contributed by atoms with E-state index in [-0.39, 0.29) is 11.3 Å². The largest absolute Gasteiger partial charge is 0.494 e. The lowest BCUT2D eigenvalue weighted by molar-refractivity contribution is 0.0993. The Hall–Kier alpha value is -3.04. The molecule has 1 atom stereocenters. The quantitative estimate of drug-likeness (QED) is 0.182. The minimum Gasteiger partial charge on any atom is -0.494 e. The summed E-state index contributed by atoms with van der Waals surface area (Å²) in [6, 6.07) is 18.3. The fourth-order valence-corrected chi connectivity index (χ4v) is 4.53. The second-order valence-corrected chi connectivity index (χ2v) is 9.55. The summed E-state index contributed by atoms with van der Waals surface area (Å²) in [5.41, 5.74) is 1.73. The normalized spacial score (nSPS) is 11.9. The number of hydrogen-bond donors (Lipinski definition) is 0. The molecule has 0 aliphatic carbocycles. The maximum atomic E-state index is 13.6. The third kappa shape index (κ3) is 5.20. The standard InChI is InChI=1S/C25H20BrF2N3O2S/c1-3-33-20-11-9-19(10-12-20)31-24(16-4-7-18(26)8-5-16)29-30-25(31)34-15(2)23(32)17-6-13-21(27)22(28)14-17/h4-15H,3H2,1-2H3/t15-/m0/s1. The number of halogens is 3. The summed E-state index contributed by atoms with van der Waals surface area (Å²) < 4.78 is 35.3. The first-order valence-electron chi connectivity index (χ1n) is 10.5. The van der Waals surface area contributed by atoms with Crippen molar-refractivity contribution in [3.05, 3.63) is 88.4 Å². The summed E-state index contributed by atoms with van der Waals surface area (Å²) in [4.78, 5) is 12.9. The van der Waals surface area contributed by atoms with Crippen LogP contribution in [0.2, 0.25) is 0 Å². The maximum Gasteiger partial charge on any atom is 0.196 e. The zero-order valence-electron chi connectivity index (χ0n) is 18.3. The molecule has 0 amide bonds. The number of carbonyl (C=O) groups is 1. The van der Waals surface area contributed by atoms with Gasteiger partial charge in [-0.15, -0.1) is 10.2 Å². The lowest BCUT2D eigenvalue weighted by Gasteiger charge is -2.14. The Morgan fingerprint density at radius 3 is 2.38 bits per heavy atom. The van der Waals surface area contributed by atoms with Crippen molar-refractivity contribution >= 4 is 33.5 Å². The van der Waals surface area contributed by atoms with Gasteiger partial charge in [-0.2, -0.15) is 0 Å². The Balaban J connectivity index is 1.70. The van der Waals surface area contributed by atoms with Crippen LogP contribution in [0.5, 0.6) is 5.75 Å². The second-order valence-electron chi connectivity index (χ2n) is 7.33. The summed E-state index contributed by atoms with van der Waals surface area (Å²) in [5, 5.41) is 8.61. The Kier molecular flexibility index (Phi) is 7.43. The molecule has 0 spiro atoms. The van der Waals surface area contributed by atoms with Crippen molar-refractivity contribution in [1.82, 2.24) is 14.8 Å². The van der Waals surface area contributed by atoms with Gasteiger partial charge in [0.05, 0.1) is 11.9 Å². The fraction of sp³-hybridized carbons (Fsp3) is 0.160. The summed E-state index contributed by atoms with van der Waals surface area (Å²) in [6.45, 7) is 4.17. The molecule has 0 saturated carbocycles. The van der Waals surface area contributed by atoms with Crippen LogP contribution >= 0.6 is 27.7 Å². The Labute approximate surface area is 208 Å². The first-order chi connectivity index (χ1) is 16.4. The average Bonchev–Trinajstić information content (AvgIpc) is 3.25. The first kappa shape index (κ1) is 24.1. The van der Waals surface area contributed by atoms with E-state index in [2.05, 4.69) is 26.1 Å². The molecule has 0 saturated heterocycles. The molecule has 5 nitrogen and oxygen atoms in total. The number of carbonyl (C=O) groups excluding carboxylic acids is 1. The fourth-order valence-electron chi connectivity index (χ4n) is 3.32. The lowest BCUT2D eigenvalue weighted by atomic mass is 10.1. The van der Waals surface area contributed by atoms with Gasteiger partial charge >= 0.3 is 0 Å². The van der Waals surface area contributed by atoms with Crippen LogP contribution in [0, 0.1) is 11.6 Å². The highest BCUT2D eigenvalue weighted by Gasteiger charge is 2.23. The summed E-state index contributed by atoms with van der Waals surface area (Å²) >= 11 is 4.64. The van der Waals surface area contributed by atoms with Gasteiger partial charge in [0.1, 0.15) is 5.75 Å². The molecule has 34 heavy (non-hydrogen) atoms. The SMILES string of the molecule is CCOc1ccc(-n2c(S[C@@H](C)C(=O)c3ccc(F)c(F)c3)nnc2-c2ccc(Br)cc2)cc1. The summed E-state index contributed by atoms with van der Waals surface area (Å²) in [6.07, 6.45) is 0. The molecule has 1 aromatic heterocycles. The molecule has 4 aromatic rings. The Morgan fingerprint density at radius 1 is 1.03 bits per heavy atom. The number of thioether (sulfide) groups is 1. The van der Waals surface area contributed by atoms with Crippen LogP contribution < -0.4 is 4.74 Å². The van der Waals surface area contributed by atoms with Gasteiger partial charge in [0.15, 0.2) is 28.4 Å². The zero-order chi connectivity index (χ0) is 24.2. The molecule has 174 valence electrons. The van der Waals surface area contributed by atoms with Gasteiger partial charge in [0, 0.05) is 21.3 Å². The molecule has 9 heteroatoms. The molecule has 0 fully saturated rings. The number of ketones is 1. The van der Waals surface area contributed by atoms with Crippen LogP contribution in [0.4, 0.5) is 8.78 Å². The third-order valence-corrected chi connectivity index (χ3v) is 6.57. The number of hydrogen-bond acceptors (Lipinski definition) is 5. The molecule has 0 unspecified atom stereocenters. The number of benzene rings is 3. The molecule has 0 radical (unpaired) electrons. The smallest absolute Gasteiger partial charge is 0.196 e. The zero-order valence-corrected chi connectivity index (χ0v) is 20.7. The van der Waals surface area contributed by atoms with Crippen LogP contribution in [0.15, 0.2) is 76.4 Å². The van der Waals surface area contributed by atoms with Crippen molar-refractivity contribution < 1.29 is 18.3 Å². The van der Waals surface area contributed by atoms with Gasteiger partial charge < -0.3 is 4.74 Å². The maximum absolute atomic E-state index is 13.6. The van der Waals surface area contributed by atoms with E-state index in [9.17, 15) is 13.6 Å². The number of Topliss-reactive ketones (excluding diaryl/α,β-unsaturated/α-hetero) is 1. The van der Waals surface area contributed by atoms with E-state index in [0.29, 0.717) is 17.6 Å². The van der Waals surface area contributed by atoms with Crippen LogP contribution in [-0.2, 0) is 0 Å². The van der Waals surface area contributed by atoms with Gasteiger partial charge in [-0.05, 0) is 68.4 Å². The van der Waals surface area contributed by atoms with Crippen LogP contribution in [0.25, 0.3) is 17.1 Å². The van der Waals surface area contributed by atoms with E-state index in [1.165, 1.54) is 17.8 Å². The van der Waals surface area contributed by atoms with Gasteiger partial charge in [0.25, 0.3) is 0 Å². The molecule has 0 bridgehead atoms. The van der Waals surface area contributed by atoms with Crippen molar-refractivity contribution in [2.24, 2.45) is 0 Å². The predicted octanol–water partition coefficient (Wildman–Crippen LogP) is 6.74. The lowest BCUT2D eigenvalue weighted by Crippen LogP contribution is -2.15. The molecule has 1 heterocycles. The Bertz CT molecular complexity index is 1310. The topological polar surface area (TPSA) is 57.0 Å². The van der Waals surface area contributed by atoms with Crippen LogP contribution in [-0.4, -0.2) is 32.4 Å². The van der Waals surface area contributed by atoms with E-state index in [4.69, 9.17) is 4.74 Å². The molecular weight excluding hydrogens is 524 g/mol. The molecule has 0 aliphatic heterocycles. The summed E-state index contributed by atoms with van der Waals surface area (Å²) in [5.74, 6) is -1.05. The van der Waals surface area contributed by atoms with Gasteiger partial charge in [-0.1, -0.05) is 39.8 Å². The van der Waals surface area contributed by atoms with E-state index in [1.807, 2.05) is 60.0 Å². The minimum atomic E-state index is -1.06. The molecule has 0 aliphatic rings. The number of ether oxygens (including phenoxy) is 1. The molecule has 4 rings (SSSR count). The highest BCUT2D eigenvalue weighted by atomic mass is 79.9. The minimum absolute atomic E-state index is 0.0964. The Morgan fingerprint density at radius 2 is 1.74 bits per heavy atom. The second kappa shape index (κ2) is 10.5. The predicted molar refractivity (Wildman–Crippen MR) is 132 cm³/mol. The van der Waals surface area contributed by atoms with E-state index >= 15 is 0 Å². The van der Waals surface area contributed by atoms with Crippen molar-refractivity contribution in [1.29, 1.82) is 0 Å². The van der Waals surface area contributed by atoms with E-state index in [1.54, 1.807) is 6.92 Å². The van der Waals surface area contributed by atoms with Crippen molar-refractivity contribution in [3.63, 3.8) is 0 Å². The monoisotopic (exact) mass is 543 g/mol. The highest BCUT2D eigenvalue weighted by molar-refractivity contribution is 9.10. The van der Waals surface area contributed by atoms with Gasteiger partial charge in [-0.3, -0.25) is 9.36 Å². The first-order valence-corrected chi connectivity index (χ1v) is 12.1. The molecular formula is C25H20BrF2N3O2S. The third-order valence-electron chi connectivity index (χ3n) is 5.00. The van der Waals surface area contributed by atoms with E-state index < -0.39 is 16.9 Å². The van der Waals surface area contributed by atoms with Crippen molar-refractivity contribution in [2.75, 3.05) is 6.61 Å². The summed E-state index contributed by atoms with van der Waals surface area (Å²) in [7, 11) is 0.